The van der Waals surface area contributed by atoms with Crippen LogP contribution in [-0.4, -0.2) is 50.1 Å². The van der Waals surface area contributed by atoms with E-state index in [-0.39, 0.29) is 41.4 Å². The Morgan fingerprint density at radius 3 is 1.61 bits per heavy atom. The molecule has 0 radical (unpaired) electrons. The number of methoxy groups -OCH3 is 1. The third-order valence-electron chi connectivity index (χ3n) is 7.95. The van der Waals surface area contributed by atoms with E-state index in [1.807, 2.05) is 67.6 Å². The van der Waals surface area contributed by atoms with Crippen LogP contribution in [0.4, 0.5) is 22.7 Å². The van der Waals surface area contributed by atoms with Gasteiger partial charge < -0.3 is 20.5 Å². The number of carbonyl (C=O) groups is 2. The highest BCUT2D eigenvalue weighted by Crippen LogP contribution is 2.30. The van der Waals surface area contributed by atoms with Crippen LogP contribution in [0, 0.1) is 0 Å². The molecule has 14 heteroatoms. The van der Waals surface area contributed by atoms with Gasteiger partial charge in [0.2, 0.25) is 0 Å². The number of carbonyl (C=O) groups excluding carboxylic acids is 2. The predicted octanol–water partition coefficient (Wildman–Crippen LogP) is 7.62. The summed E-state index contributed by atoms with van der Waals surface area (Å²) in [5.74, 6) is -0.939. The van der Waals surface area contributed by atoms with Crippen LogP contribution in [-0.2, 0) is 17.8 Å². The van der Waals surface area contributed by atoms with Gasteiger partial charge in [0.1, 0.15) is 28.3 Å². The third-order valence-corrected chi connectivity index (χ3v) is 8.42. The number of ether oxygens (including phenoxy) is 1. The molecule has 0 unspecified atom stereocenters. The lowest BCUT2D eigenvalue weighted by Crippen LogP contribution is -2.29. The highest BCUT2D eigenvalue weighted by atomic mass is 35.5. The zero-order valence-corrected chi connectivity index (χ0v) is 31.1. The second kappa shape index (κ2) is 18.1. The molecule has 276 valence electrons. The minimum Gasteiger partial charge on any atom is -0.465 e. The third kappa shape index (κ3) is 9.10. The Bertz CT molecular complexity index is 2400. The fraction of sp³-hybridized carbons (Fsp3) is 0.150. The van der Waals surface area contributed by atoms with Crippen LogP contribution in [0.25, 0.3) is 22.5 Å². The molecule has 0 amide bonds. The second-order valence-electron chi connectivity index (χ2n) is 11.6. The van der Waals surface area contributed by atoms with Crippen molar-refractivity contribution in [1.29, 1.82) is 0 Å². The number of aliphatic hydroxyl groups excluding tert-OH is 1. The van der Waals surface area contributed by atoms with Gasteiger partial charge in [-0.1, -0.05) is 96.0 Å². The maximum absolute atomic E-state index is 12.9. The van der Waals surface area contributed by atoms with Gasteiger partial charge in [-0.15, -0.1) is 0 Å². The van der Waals surface area contributed by atoms with Crippen molar-refractivity contribution < 1.29 is 19.4 Å². The molecule has 2 aromatic heterocycles. The molecule has 54 heavy (non-hydrogen) atoms. The zero-order chi connectivity index (χ0) is 38.8. The highest BCUT2D eigenvalue weighted by Gasteiger charge is 2.25. The van der Waals surface area contributed by atoms with Crippen LogP contribution in [0.5, 0.6) is 0 Å². The normalized spacial score (nSPS) is 10.6. The van der Waals surface area contributed by atoms with Crippen LogP contribution in [0.2, 0.25) is 10.0 Å². The molecule has 0 bridgehead atoms. The van der Waals surface area contributed by atoms with Crippen molar-refractivity contribution in [3.8, 4) is 22.5 Å². The van der Waals surface area contributed by atoms with Crippen LogP contribution < -0.4 is 21.8 Å². The van der Waals surface area contributed by atoms with Crippen LogP contribution in [0.1, 0.15) is 34.6 Å². The van der Waals surface area contributed by atoms with Crippen molar-refractivity contribution in [3.63, 3.8) is 0 Å². The first kappa shape index (κ1) is 39.1. The Morgan fingerprint density at radius 2 is 1.17 bits per heavy atom. The van der Waals surface area contributed by atoms with E-state index in [4.69, 9.17) is 27.9 Å². The number of benzene rings is 4. The molecule has 0 fully saturated rings. The van der Waals surface area contributed by atoms with Crippen LogP contribution in [0.15, 0.2) is 119 Å². The number of hydrogen-bond donors (Lipinski definition) is 3. The number of nitrogens with one attached hydrogen (secondary N) is 2. The van der Waals surface area contributed by atoms with Gasteiger partial charge in [-0.25, -0.2) is 14.2 Å². The SMILES string of the molecule is CC(=O)c1c(-c2ccccc2)nn(CCO)c(=O)c1Nc1cccc(Cl)c1.CCn1nc(-c2ccccc2)c(C(=O)OC)c(Nc2cccc(Cl)c2)c1=O. The molecule has 0 atom stereocenters. The maximum Gasteiger partial charge on any atom is 0.342 e. The minimum atomic E-state index is -0.647. The first-order valence-corrected chi connectivity index (χ1v) is 17.5. The zero-order valence-electron chi connectivity index (χ0n) is 29.5. The Kier molecular flexibility index (Phi) is 13.1. The number of anilines is 4. The van der Waals surface area contributed by atoms with Gasteiger partial charge in [-0.3, -0.25) is 14.4 Å². The lowest BCUT2D eigenvalue weighted by atomic mass is 10.0. The second-order valence-corrected chi connectivity index (χ2v) is 12.5. The number of nitrogens with zero attached hydrogens (tertiary/aromatic N) is 4. The molecule has 0 aliphatic rings. The Hall–Kier alpha value is -6.08. The van der Waals surface area contributed by atoms with E-state index in [1.165, 1.54) is 18.7 Å². The largest absolute Gasteiger partial charge is 0.465 e. The number of rotatable bonds is 11. The summed E-state index contributed by atoms with van der Waals surface area (Å²) in [5, 5.41) is 25.1. The van der Waals surface area contributed by atoms with Crippen molar-refractivity contribution in [1.82, 2.24) is 19.6 Å². The minimum absolute atomic E-state index is 0.0150. The van der Waals surface area contributed by atoms with Gasteiger partial charge in [-0.05, 0) is 50.2 Å². The summed E-state index contributed by atoms with van der Waals surface area (Å²) < 4.78 is 7.40. The van der Waals surface area contributed by atoms with Gasteiger partial charge in [0.25, 0.3) is 11.1 Å². The number of aliphatic hydroxyl groups is 1. The molecule has 0 saturated heterocycles. The number of aromatic nitrogens is 4. The molecule has 0 spiro atoms. The summed E-state index contributed by atoms with van der Waals surface area (Å²) in [6, 6.07) is 32.1. The Labute approximate surface area is 320 Å². The monoisotopic (exact) mass is 766 g/mol. The van der Waals surface area contributed by atoms with Gasteiger partial charge >= 0.3 is 5.97 Å². The molecular formula is C40H36Cl2N6O6. The molecule has 3 N–H and O–H groups in total. The smallest absolute Gasteiger partial charge is 0.342 e. The fourth-order valence-electron chi connectivity index (χ4n) is 5.49. The lowest BCUT2D eigenvalue weighted by molar-refractivity contribution is 0.0601. The average molecular weight is 768 g/mol. The molecule has 6 aromatic rings. The summed E-state index contributed by atoms with van der Waals surface area (Å²) in [6.45, 7) is 3.31. The van der Waals surface area contributed by atoms with Crippen LogP contribution in [0.3, 0.4) is 0 Å². The number of Topliss-reactive ketones (excluding diaryl/α,β-unsaturated/α-hetero) is 1. The summed E-state index contributed by atoms with van der Waals surface area (Å²) in [6.07, 6.45) is 0. The van der Waals surface area contributed by atoms with Crippen molar-refractivity contribution in [2.75, 3.05) is 24.4 Å². The maximum atomic E-state index is 12.9. The highest BCUT2D eigenvalue weighted by molar-refractivity contribution is 6.31. The van der Waals surface area contributed by atoms with E-state index in [0.29, 0.717) is 50.5 Å². The summed E-state index contributed by atoms with van der Waals surface area (Å²) in [5.41, 5.74) is 2.87. The Morgan fingerprint density at radius 1 is 0.704 bits per heavy atom. The molecular weight excluding hydrogens is 731 g/mol. The molecule has 2 heterocycles. The number of ketones is 1. The number of hydrogen-bond acceptors (Lipinski definition) is 10. The fourth-order valence-corrected chi connectivity index (χ4v) is 5.88. The quantitative estimate of drug-likeness (QED) is 0.0885. The van der Waals surface area contributed by atoms with E-state index in [9.17, 15) is 24.3 Å². The lowest BCUT2D eigenvalue weighted by Gasteiger charge is -2.16. The Balaban J connectivity index is 0.000000208. The van der Waals surface area contributed by atoms with Gasteiger partial charge in [0.15, 0.2) is 5.78 Å². The summed E-state index contributed by atoms with van der Waals surface area (Å²) >= 11 is 12.1. The molecule has 0 saturated carbocycles. The van der Waals surface area contributed by atoms with Gasteiger partial charge in [-0.2, -0.15) is 10.2 Å². The number of halogens is 2. The summed E-state index contributed by atoms with van der Waals surface area (Å²) in [7, 11) is 1.27. The number of aryl methyl sites for hydroxylation is 1. The van der Waals surface area contributed by atoms with E-state index in [0.717, 1.165) is 4.68 Å². The summed E-state index contributed by atoms with van der Waals surface area (Å²) in [4.78, 5) is 50.8. The molecule has 12 nitrogen and oxygen atoms in total. The van der Waals surface area contributed by atoms with Crippen molar-refractivity contribution in [3.05, 3.63) is 151 Å². The van der Waals surface area contributed by atoms with E-state index in [1.54, 1.807) is 48.5 Å². The van der Waals surface area contributed by atoms with E-state index >= 15 is 0 Å². The van der Waals surface area contributed by atoms with Crippen molar-refractivity contribution in [2.24, 2.45) is 0 Å². The van der Waals surface area contributed by atoms with Gasteiger partial charge in [0, 0.05) is 39.1 Å². The first-order chi connectivity index (χ1) is 26.1. The van der Waals surface area contributed by atoms with E-state index in [2.05, 4.69) is 20.8 Å². The topological polar surface area (TPSA) is 157 Å². The van der Waals surface area contributed by atoms with Gasteiger partial charge in [0.05, 0.1) is 25.8 Å². The first-order valence-electron chi connectivity index (χ1n) is 16.7. The predicted molar refractivity (Wildman–Crippen MR) is 211 cm³/mol. The molecule has 0 aliphatic carbocycles. The standard InChI is InChI=1S/2C20H18ClN3O3/c1-13(26)17-18(14-6-3-2-4-7-14)23-24(10-11-25)20(27)19(17)22-16-9-5-8-15(21)12-16;1-3-24-19(25)18(22-15-11-7-10-14(21)12-15)16(20(26)27-2)17(23-24)13-8-5-4-6-9-13/h2-9,12,22,25H,10-11H2,1H3;4-12,22H,3H2,1-2H3. The molecule has 0 aliphatic heterocycles. The van der Waals surface area contributed by atoms with Crippen molar-refractivity contribution in [2.45, 2.75) is 26.9 Å². The van der Waals surface area contributed by atoms with Crippen molar-refractivity contribution >= 4 is 57.7 Å². The average Bonchev–Trinajstić information content (AvgIpc) is 3.17. The molecule has 4 aromatic carbocycles. The molecule has 6 rings (SSSR count). The van der Waals surface area contributed by atoms with E-state index < -0.39 is 17.1 Å². The number of esters is 1. The van der Waals surface area contributed by atoms with Crippen LogP contribution >= 0.6 is 23.2 Å².